The van der Waals surface area contributed by atoms with Gasteiger partial charge in [-0.3, -0.25) is 0 Å². The summed E-state index contributed by atoms with van der Waals surface area (Å²) in [5.41, 5.74) is 6.39. The lowest BCUT2D eigenvalue weighted by Gasteiger charge is -2.35. The van der Waals surface area contributed by atoms with Crippen molar-refractivity contribution in [2.75, 3.05) is 13.1 Å². The zero-order valence-electron chi connectivity index (χ0n) is 9.47. The van der Waals surface area contributed by atoms with Crippen LogP contribution in [0.3, 0.4) is 0 Å². The van der Waals surface area contributed by atoms with E-state index in [-0.39, 0.29) is 5.54 Å². The summed E-state index contributed by atoms with van der Waals surface area (Å²) in [6.07, 6.45) is 9.37. The third-order valence-electron chi connectivity index (χ3n) is 4.02. The molecular formula is C12H24N2. The first-order valence-corrected chi connectivity index (χ1v) is 6.26. The van der Waals surface area contributed by atoms with Crippen LogP contribution in [-0.2, 0) is 0 Å². The molecule has 0 amide bonds. The Morgan fingerprint density at radius 3 is 2.79 bits per heavy atom. The van der Waals surface area contributed by atoms with Gasteiger partial charge in [-0.05, 0) is 51.6 Å². The number of hydrogen-bond acceptors (Lipinski definition) is 2. The fourth-order valence-corrected chi connectivity index (χ4v) is 2.67. The maximum atomic E-state index is 6.13. The van der Waals surface area contributed by atoms with Crippen LogP contribution in [0.25, 0.3) is 0 Å². The average Bonchev–Trinajstić information content (AvgIpc) is 2.95. The molecule has 2 fully saturated rings. The number of nitrogens with zero attached hydrogens (tertiary/aromatic N) is 1. The summed E-state index contributed by atoms with van der Waals surface area (Å²) in [7, 11) is 0. The normalized spacial score (nSPS) is 31.7. The quantitative estimate of drug-likeness (QED) is 0.746. The van der Waals surface area contributed by atoms with E-state index in [1.165, 1.54) is 58.0 Å². The van der Waals surface area contributed by atoms with Crippen molar-refractivity contribution in [3.63, 3.8) is 0 Å². The van der Waals surface area contributed by atoms with Gasteiger partial charge in [0.1, 0.15) is 0 Å². The second-order valence-corrected chi connectivity index (χ2v) is 5.18. The van der Waals surface area contributed by atoms with Crippen molar-refractivity contribution in [2.24, 2.45) is 5.73 Å². The zero-order valence-corrected chi connectivity index (χ0v) is 9.47. The summed E-state index contributed by atoms with van der Waals surface area (Å²) >= 11 is 0. The van der Waals surface area contributed by atoms with E-state index in [2.05, 4.69) is 11.8 Å². The Hall–Kier alpha value is -0.0800. The fourth-order valence-electron chi connectivity index (χ4n) is 2.67. The fraction of sp³-hybridized carbons (Fsp3) is 1.00. The molecule has 0 aromatic carbocycles. The van der Waals surface area contributed by atoms with E-state index in [9.17, 15) is 0 Å². The molecular weight excluding hydrogens is 172 g/mol. The van der Waals surface area contributed by atoms with Gasteiger partial charge in [-0.15, -0.1) is 0 Å². The van der Waals surface area contributed by atoms with Crippen molar-refractivity contribution in [1.82, 2.24) is 4.90 Å². The highest BCUT2D eigenvalue weighted by Crippen LogP contribution is 2.38. The van der Waals surface area contributed by atoms with E-state index in [0.717, 1.165) is 6.04 Å². The maximum Gasteiger partial charge on any atom is 0.0156 e. The molecule has 1 saturated heterocycles. The molecule has 2 rings (SSSR count). The molecule has 2 N–H and O–H groups in total. The first-order valence-electron chi connectivity index (χ1n) is 6.26. The van der Waals surface area contributed by atoms with Gasteiger partial charge in [-0.1, -0.05) is 13.3 Å². The number of likely N-dealkylation sites (tertiary alicyclic amines) is 1. The summed E-state index contributed by atoms with van der Waals surface area (Å²) in [5, 5.41) is 0. The summed E-state index contributed by atoms with van der Waals surface area (Å²) in [6.45, 7) is 4.83. The zero-order chi connectivity index (χ0) is 10.0. The van der Waals surface area contributed by atoms with Crippen LogP contribution in [0.1, 0.15) is 51.9 Å². The minimum atomic E-state index is 0.261. The van der Waals surface area contributed by atoms with Gasteiger partial charge < -0.3 is 10.6 Å². The second kappa shape index (κ2) is 4.19. The lowest BCUT2D eigenvalue weighted by Crippen LogP contribution is -2.40. The second-order valence-electron chi connectivity index (χ2n) is 5.18. The minimum Gasteiger partial charge on any atom is -0.325 e. The average molecular weight is 196 g/mol. The van der Waals surface area contributed by atoms with Crippen molar-refractivity contribution in [3.05, 3.63) is 0 Å². The van der Waals surface area contributed by atoms with E-state index >= 15 is 0 Å². The standard InChI is InChI=1S/C12H24N2/c1-2-14-10-4-3-5-11(14)6-7-12(13)8-9-12/h11H,2-10,13H2,1H3. The van der Waals surface area contributed by atoms with Gasteiger partial charge in [0.2, 0.25) is 0 Å². The monoisotopic (exact) mass is 196 g/mol. The largest absolute Gasteiger partial charge is 0.325 e. The van der Waals surface area contributed by atoms with E-state index in [1.807, 2.05) is 0 Å². The van der Waals surface area contributed by atoms with Gasteiger partial charge in [0.15, 0.2) is 0 Å². The van der Waals surface area contributed by atoms with Gasteiger partial charge in [-0.25, -0.2) is 0 Å². The summed E-state index contributed by atoms with van der Waals surface area (Å²) in [5.74, 6) is 0. The Morgan fingerprint density at radius 2 is 2.14 bits per heavy atom. The van der Waals surface area contributed by atoms with Crippen LogP contribution in [0.5, 0.6) is 0 Å². The van der Waals surface area contributed by atoms with Crippen LogP contribution in [0.15, 0.2) is 0 Å². The van der Waals surface area contributed by atoms with E-state index in [0.29, 0.717) is 0 Å². The Bertz CT molecular complexity index is 187. The predicted octanol–water partition coefficient (Wildman–Crippen LogP) is 2.13. The van der Waals surface area contributed by atoms with Gasteiger partial charge in [0.05, 0.1) is 0 Å². The summed E-state index contributed by atoms with van der Waals surface area (Å²) in [4.78, 5) is 2.65. The van der Waals surface area contributed by atoms with Crippen molar-refractivity contribution in [1.29, 1.82) is 0 Å². The van der Waals surface area contributed by atoms with Gasteiger partial charge in [0.25, 0.3) is 0 Å². The van der Waals surface area contributed by atoms with Crippen molar-refractivity contribution in [2.45, 2.75) is 63.5 Å². The molecule has 0 radical (unpaired) electrons. The van der Waals surface area contributed by atoms with Gasteiger partial charge in [-0.2, -0.15) is 0 Å². The molecule has 1 aliphatic carbocycles. The highest BCUT2D eigenvalue weighted by Gasteiger charge is 2.38. The van der Waals surface area contributed by atoms with Crippen LogP contribution < -0.4 is 5.73 Å². The molecule has 1 heterocycles. The Kier molecular flexibility index (Phi) is 3.13. The third-order valence-corrected chi connectivity index (χ3v) is 4.02. The van der Waals surface area contributed by atoms with Crippen LogP contribution in [0.2, 0.25) is 0 Å². The molecule has 1 saturated carbocycles. The maximum absolute atomic E-state index is 6.13. The highest BCUT2D eigenvalue weighted by atomic mass is 15.2. The molecule has 1 atom stereocenters. The third kappa shape index (κ3) is 2.48. The lowest BCUT2D eigenvalue weighted by molar-refractivity contribution is 0.143. The number of nitrogens with two attached hydrogens (primary N) is 1. The minimum absolute atomic E-state index is 0.261. The smallest absolute Gasteiger partial charge is 0.0156 e. The Morgan fingerprint density at radius 1 is 1.36 bits per heavy atom. The molecule has 0 aromatic rings. The molecule has 82 valence electrons. The number of piperidine rings is 1. The SMILES string of the molecule is CCN1CCCCC1CCC1(N)CC1. The molecule has 2 nitrogen and oxygen atoms in total. The van der Waals surface area contributed by atoms with Crippen LogP contribution in [0, 0.1) is 0 Å². The molecule has 1 aliphatic heterocycles. The Balaban J connectivity index is 1.76. The molecule has 2 heteroatoms. The Labute approximate surface area is 87.8 Å². The molecule has 0 aromatic heterocycles. The topological polar surface area (TPSA) is 29.3 Å². The lowest BCUT2D eigenvalue weighted by atomic mass is 9.95. The van der Waals surface area contributed by atoms with Crippen LogP contribution in [0.4, 0.5) is 0 Å². The van der Waals surface area contributed by atoms with Crippen molar-refractivity contribution >= 4 is 0 Å². The van der Waals surface area contributed by atoms with Crippen molar-refractivity contribution < 1.29 is 0 Å². The first kappa shape index (κ1) is 10.4. The summed E-state index contributed by atoms with van der Waals surface area (Å²) in [6, 6.07) is 0.842. The van der Waals surface area contributed by atoms with Gasteiger partial charge in [0, 0.05) is 11.6 Å². The van der Waals surface area contributed by atoms with Crippen LogP contribution >= 0.6 is 0 Å². The molecule has 14 heavy (non-hydrogen) atoms. The predicted molar refractivity (Wildman–Crippen MR) is 60.3 cm³/mol. The van der Waals surface area contributed by atoms with E-state index in [4.69, 9.17) is 5.73 Å². The number of rotatable bonds is 4. The first-order chi connectivity index (χ1) is 6.73. The van der Waals surface area contributed by atoms with Gasteiger partial charge >= 0.3 is 0 Å². The molecule has 0 bridgehead atoms. The van der Waals surface area contributed by atoms with E-state index in [1.54, 1.807) is 0 Å². The summed E-state index contributed by atoms with van der Waals surface area (Å²) < 4.78 is 0. The van der Waals surface area contributed by atoms with Crippen LogP contribution in [-0.4, -0.2) is 29.6 Å². The van der Waals surface area contributed by atoms with E-state index < -0.39 is 0 Å². The molecule has 0 spiro atoms. The molecule has 1 unspecified atom stereocenters. The molecule has 2 aliphatic rings. The number of hydrogen-bond donors (Lipinski definition) is 1. The van der Waals surface area contributed by atoms with Crippen molar-refractivity contribution in [3.8, 4) is 0 Å². The highest BCUT2D eigenvalue weighted by molar-refractivity contribution is 4.99.